The first-order valence-corrected chi connectivity index (χ1v) is 8.43. The molecular formula is C19H28O2. The van der Waals surface area contributed by atoms with Crippen molar-refractivity contribution < 1.29 is 10.2 Å². The lowest BCUT2D eigenvalue weighted by atomic mass is 9.68. The van der Waals surface area contributed by atoms with Crippen molar-refractivity contribution in [2.75, 3.05) is 0 Å². The zero-order valence-electron chi connectivity index (χ0n) is 13.3. The van der Waals surface area contributed by atoms with Crippen LogP contribution in [-0.2, 0) is 0 Å². The smallest absolute Gasteiger partial charge is 0.0600 e. The summed E-state index contributed by atoms with van der Waals surface area (Å²) >= 11 is 0. The molecular weight excluding hydrogens is 260 g/mol. The van der Waals surface area contributed by atoms with Crippen molar-refractivity contribution in [2.24, 2.45) is 11.3 Å². The normalized spacial score (nSPS) is 40.6. The Balaban J connectivity index is 1.79. The van der Waals surface area contributed by atoms with E-state index in [2.05, 4.69) is 32.1 Å². The topological polar surface area (TPSA) is 40.5 Å². The molecule has 2 heteroatoms. The zero-order valence-corrected chi connectivity index (χ0v) is 13.3. The van der Waals surface area contributed by atoms with Crippen LogP contribution in [-0.4, -0.2) is 22.4 Å². The third-order valence-electron chi connectivity index (χ3n) is 6.08. The van der Waals surface area contributed by atoms with Crippen LogP contribution in [0, 0.1) is 11.3 Å². The monoisotopic (exact) mass is 288 g/mol. The molecule has 0 aromatic heterocycles. The van der Waals surface area contributed by atoms with Gasteiger partial charge < -0.3 is 10.2 Å². The lowest BCUT2D eigenvalue weighted by molar-refractivity contribution is 0.0386. The molecule has 0 spiro atoms. The highest BCUT2D eigenvalue weighted by Gasteiger charge is 2.47. The number of rotatable bonds is 2. The highest BCUT2D eigenvalue weighted by molar-refractivity contribution is 5.36. The summed E-state index contributed by atoms with van der Waals surface area (Å²) in [6, 6.07) is 0. The van der Waals surface area contributed by atoms with Crippen molar-refractivity contribution in [2.45, 2.75) is 71.0 Å². The van der Waals surface area contributed by atoms with Gasteiger partial charge in [-0.2, -0.15) is 0 Å². The first-order valence-electron chi connectivity index (χ1n) is 8.43. The molecule has 3 aliphatic rings. The van der Waals surface area contributed by atoms with E-state index < -0.39 is 0 Å². The molecule has 0 aromatic carbocycles. The number of aliphatic hydroxyl groups excluding tert-OH is 2. The van der Waals surface area contributed by atoms with Crippen molar-refractivity contribution in [3.8, 4) is 0 Å². The Morgan fingerprint density at radius 3 is 2.81 bits per heavy atom. The quantitative estimate of drug-likeness (QED) is 0.809. The van der Waals surface area contributed by atoms with Crippen LogP contribution in [0.15, 0.2) is 34.9 Å². The number of fused-ring (bicyclic) bond motifs is 1. The van der Waals surface area contributed by atoms with Crippen molar-refractivity contribution >= 4 is 0 Å². The molecule has 21 heavy (non-hydrogen) atoms. The standard InChI is InChI=1S/C19H28O2/c1-13-5-8-16(20)12-15(13)7-6-14-4-3-11-19(2)17(14)9-10-18(19)21/h4,6-7,16-18,20-21H,3,5,8-12H2,1-2H3/b7-6+/t16-,17-,18+,19-/m0/s1. The largest absolute Gasteiger partial charge is 0.393 e. The van der Waals surface area contributed by atoms with Crippen molar-refractivity contribution in [1.29, 1.82) is 0 Å². The SMILES string of the molecule is CC1=C(/C=C/C2=CCC[C@]3(C)[C@H](O)CC[C@@H]23)C[C@@H](O)CC1. The fraction of sp³-hybridized carbons (Fsp3) is 0.684. The molecule has 116 valence electrons. The average Bonchev–Trinajstić information content (AvgIpc) is 2.76. The molecule has 2 N–H and O–H groups in total. The van der Waals surface area contributed by atoms with Gasteiger partial charge in [0, 0.05) is 5.41 Å². The lowest BCUT2D eigenvalue weighted by Crippen LogP contribution is -2.35. The average molecular weight is 288 g/mol. The van der Waals surface area contributed by atoms with E-state index in [1.807, 2.05) is 0 Å². The van der Waals surface area contributed by atoms with Gasteiger partial charge in [0.2, 0.25) is 0 Å². The summed E-state index contributed by atoms with van der Waals surface area (Å²) in [5, 5.41) is 20.1. The minimum Gasteiger partial charge on any atom is -0.393 e. The van der Waals surface area contributed by atoms with Crippen LogP contribution in [0.5, 0.6) is 0 Å². The Morgan fingerprint density at radius 2 is 2.00 bits per heavy atom. The second-order valence-electron chi connectivity index (χ2n) is 7.43. The molecule has 4 atom stereocenters. The van der Waals surface area contributed by atoms with Crippen LogP contribution in [0.25, 0.3) is 0 Å². The van der Waals surface area contributed by atoms with Crippen molar-refractivity contribution in [3.05, 3.63) is 34.9 Å². The predicted octanol–water partition coefficient (Wildman–Crippen LogP) is 3.90. The summed E-state index contributed by atoms with van der Waals surface area (Å²) < 4.78 is 0. The molecule has 1 fully saturated rings. The fourth-order valence-electron chi connectivity index (χ4n) is 4.46. The first kappa shape index (κ1) is 15.1. The molecule has 0 aliphatic heterocycles. The van der Waals surface area contributed by atoms with E-state index in [1.165, 1.54) is 16.7 Å². The van der Waals surface area contributed by atoms with E-state index in [9.17, 15) is 10.2 Å². The van der Waals surface area contributed by atoms with Gasteiger partial charge in [0.25, 0.3) is 0 Å². The summed E-state index contributed by atoms with van der Waals surface area (Å²) in [7, 11) is 0. The van der Waals surface area contributed by atoms with Crippen LogP contribution >= 0.6 is 0 Å². The Labute approximate surface area is 128 Å². The van der Waals surface area contributed by atoms with Gasteiger partial charge >= 0.3 is 0 Å². The van der Waals surface area contributed by atoms with Crippen LogP contribution in [0.2, 0.25) is 0 Å². The van der Waals surface area contributed by atoms with E-state index in [1.54, 1.807) is 0 Å². The van der Waals surface area contributed by atoms with Gasteiger partial charge in [-0.25, -0.2) is 0 Å². The summed E-state index contributed by atoms with van der Waals surface area (Å²) in [5.41, 5.74) is 4.20. The number of hydrogen-bond acceptors (Lipinski definition) is 2. The van der Waals surface area contributed by atoms with Gasteiger partial charge in [0.15, 0.2) is 0 Å². The Kier molecular flexibility index (Phi) is 4.11. The van der Waals surface area contributed by atoms with E-state index in [0.29, 0.717) is 5.92 Å². The maximum Gasteiger partial charge on any atom is 0.0600 e. The Hall–Kier alpha value is -0.860. The second-order valence-corrected chi connectivity index (χ2v) is 7.43. The molecule has 0 saturated heterocycles. The predicted molar refractivity (Wildman–Crippen MR) is 85.9 cm³/mol. The van der Waals surface area contributed by atoms with Crippen LogP contribution < -0.4 is 0 Å². The Bertz CT molecular complexity index is 500. The van der Waals surface area contributed by atoms with E-state index in [0.717, 1.165) is 44.9 Å². The molecule has 1 saturated carbocycles. The van der Waals surface area contributed by atoms with E-state index in [4.69, 9.17) is 0 Å². The minimum absolute atomic E-state index is 0.0733. The van der Waals surface area contributed by atoms with Gasteiger partial charge in [0.05, 0.1) is 12.2 Å². The third-order valence-corrected chi connectivity index (χ3v) is 6.08. The molecule has 2 nitrogen and oxygen atoms in total. The van der Waals surface area contributed by atoms with Gasteiger partial charge in [-0.15, -0.1) is 0 Å². The molecule has 0 amide bonds. The summed E-state index contributed by atoms with van der Waals surface area (Å²) in [5.74, 6) is 0.506. The molecule has 0 unspecified atom stereocenters. The van der Waals surface area contributed by atoms with E-state index >= 15 is 0 Å². The maximum atomic E-state index is 10.3. The van der Waals surface area contributed by atoms with Gasteiger partial charge in [-0.3, -0.25) is 0 Å². The van der Waals surface area contributed by atoms with Crippen LogP contribution in [0.1, 0.15) is 58.8 Å². The van der Waals surface area contributed by atoms with Crippen molar-refractivity contribution in [3.63, 3.8) is 0 Å². The van der Waals surface area contributed by atoms with Gasteiger partial charge in [-0.1, -0.05) is 30.7 Å². The molecule has 0 radical (unpaired) electrons. The third kappa shape index (κ3) is 2.76. The second kappa shape index (κ2) is 5.73. The number of aliphatic hydroxyl groups is 2. The molecule has 0 heterocycles. The lowest BCUT2D eigenvalue weighted by Gasteiger charge is -2.38. The Morgan fingerprint density at radius 1 is 1.19 bits per heavy atom. The van der Waals surface area contributed by atoms with Gasteiger partial charge in [0.1, 0.15) is 0 Å². The van der Waals surface area contributed by atoms with Crippen LogP contribution in [0.3, 0.4) is 0 Å². The minimum atomic E-state index is -0.174. The highest BCUT2D eigenvalue weighted by Crippen LogP contribution is 2.52. The summed E-state index contributed by atoms with van der Waals surface area (Å²) in [4.78, 5) is 0. The highest BCUT2D eigenvalue weighted by atomic mass is 16.3. The van der Waals surface area contributed by atoms with Crippen LogP contribution in [0.4, 0.5) is 0 Å². The van der Waals surface area contributed by atoms with E-state index in [-0.39, 0.29) is 17.6 Å². The molecule has 3 aliphatic carbocycles. The molecule has 3 rings (SSSR count). The fourth-order valence-corrected chi connectivity index (χ4v) is 4.46. The van der Waals surface area contributed by atoms with Crippen molar-refractivity contribution in [1.82, 2.24) is 0 Å². The summed E-state index contributed by atoms with van der Waals surface area (Å²) in [6.07, 6.45) is 13.5. The number of allylic oxidation sites excluding steroid dienone is 5. The first-order chi connectivity index (χ1) is 10.0. The number of hydrogen-bond donors (Lipinski definition) is 2. The summed E-state index contributed by atoms with van der Waals surface area (Å²) in [6.45, 7) is 4.44. The molecule has 0 bridgehead atoms. The molecule has 0 aromatic rings. The van der Waals surface area contributed by atoms with Gasteiger partial charge in [-0.05, 0) is 68.9 Å². The zero-order chi connectivity index (χ0) is 15.0. The maximum absolute atomic E-state index is 10.3.